The number of amides is 1. The Morgan fingerprint density at radius 2 is 1.69 bits per heavy atom. The molecule has 1 amide bonds. The molecular formula is C32H29FN4O5. The van der Waals surface area contributed by atoms with E-state index in [0.29, 0.717) is 39.5 Å². The SMILES string of the molecule is CCC(=O)NC(c1ccccc1)c1ncc(-c2ccc(Oc3ccnc4cc(OC)c(OC)cc34)c(F)c2)c(=O)n1C. The minimum atomic E-state index is -0.665. The molecule has 1 unspecified atom stereocenters. The van der Waals surface area contributed by atoms with Crippen molar-refractivity contribution in [3.05, 3.63) is 107 Å². The average molecular weight is 569 g/mol. The Hall–Kier alpha value is -5.25. The van der Waals surface area contributed by atoms with Gasteiger partial charge in [0.2, 0.25) is 5.91 Å². The topological polar surface area (TPSA) is 105 Å². The number of carbonyl (C=O) groups excluding carboxylic acids is 1. The Labute approximate surface area is 241 Å². The maximum Gasteiger partial charge on any atom is 0.261 e. The van der Waals surface area contributed by atoms with E-state index < -0.39 is 11.9 Å². The Morgan fingerprint density at radius 3 is 2.38 bits per heavy atom. The predicted octanol–water partition coefficient (Wildman–Crippen LogP) is 5.56. The number of carbonyl (C=O) groups is 1. The zero-order valence-corrected chi connectivity index (χ0v) is 23.6. The highest BCUT2D eigenvalue weighted by molar-refractivity contribution is 5.88. The summed E-state index contributed by atoms with van der Waals surface area (Å²) in [4.78, 5) is 34.6. The molecule has 2 heterocycles. The number of rotatable bonds is 9. The molecule has 3 aromatic carbocycles. The molecule has 9 nitrogen and oxygen atoms in total. The summed E-state index contributed by atoms with van der Waals surface area (Å²) >= 11 is 0. The van der Waals surface area contributed by atoms with Crippen molar-refractivity contribution in [1.82, 2.24) is 19.9 Å². The first-order chi connectivity index (χ1) is 20.3. The molecule has 0 aliphatic carbocycles. The molecule has 1 atom stereocenters. The van der Waals surface area contributed by atoms with Crippen LogP contribution in [0.15, 0.2) is 83.9 Å². The molecule has 10 heteroatoms. The Kier molecular flexibility index (Phi) is 8.14. The van der Waals surface area contributed by atoms with Crippen LogP contribution in [0.1, 0.15) is 30.8 Å². The molecule has 0 spiro atoms. The van der Waals surface area contributed by atoms with Gasteiger partial charge in [-0.2, -0.15) is 0 Å². The van der Waals surface area contributed by atoms with E-state index in [0.717, 1.165) is 5.56 Å². The second-order valence-corrected chi connectivity index (χ2v) is 9.44. The number of fused-ring (bicyclic) bond motifs is 1. The van der Waals surface area contributed by atoms with Gasteiger partial charge in [0, 0.05) is 37.3 Å². The number of halogens is 1. The first-order valence-corrected chi connectivity index (χ1v) is 13.2. The Bertz CT molecular complexity index is 1820. The van der Waals surface area contributed by atoms with Gasteiger partial charge in [0.25, 0.3) is 5.56 Å². The molecule has 2 aromatic heterocycles. The molecular weight excluding hydrogens is 539 g/mol. The molecule has 0 bridgehead atoms. The Balaban J connectivity index is 1.48. The molecule has 42 heavy (non-hydrogen) atoms. The van der Waals surface area contributed by atoms with Crippen LogP contribution in [-0.4, -0.2) is 34.7 Å². The van der Waals surface area contributed by atoms with Gasteiger partial charge in [-0.05, 0) is 35.4 Å². The van der Waals surface area contributed by atoms with E-state index in [-0.39, 0.29) is 29.2 Å². The van der Waals surface area contributed by atoms with Crippen LogP contribution in [-0.2, 0) is 11.8 Å². The van der Waals surface area contributed by atoms with Crippen molar-refractivity contribution < 1.29 is 23.4 Å². The lowest BCUT2D eigenvalue weighted by Gasteiger charge is -2.21. The molecule has 0 fully saturated rings. The number of benzene rings is 3. The summed E-state index contributed by atoms with van der Waals surface area (Å²) in [6.07, 6.45) is 3.23. The van der Waals surface area contributed by atoms with Gasteiger partial charge < -0.3 is 19.5 Å². The predicted molar refractivity (Wildman–Crippen MR) is 157 cm³/mol. The third kappa shape index (κ3) is 5.51. The lowest BCUT2D eigenvalue weighted by Crippen LogP contribution is -2.34. The monoisotopic (exact) mass is 568 g/mol. The third-order valence-corrected chi connectivity index (χ3v) is 6.89. The number of ether oxygens (including phenoxy) is 3. The molecule has 0 saturated heterocycles. The number of nitrogens with zero attached hydrogens (tertiary/aromatic N) is 3. The number of nitrogens with one attached hydrogen (secondary N) is 1. The second-order valence-electron chi connectivity index (χ2n) is 9.44. The van der Waals surface area contributed by atoms with E-state index >= 15 is 4.39 Å². The highest BCUT2D eigenvalue weighted by Gasteiger charge is 2.22. The first kappa shape index (κ1) is 28.3. The Morgan fingerprint density at radius 1 is 0.952 bits per heavy atom. The highest BCUT2D eigenvalue weighted by Crippen LogP contribution is 2.37. The van der Waals surface area contributed by atoms with Crippen molar-refractivity contribution in [1.29, 1.82) is 0 Å². The van der Waals surface area contributed by atoms with E-state index in [1.807, 2.05) is 30.3 Å². The summed E-state index contributed by atoms with van der Waals surface area (Å²) in [5.41, 5.74) is 1.51. The van der Waals surface area contributed by atoms with Gasteiger partial charge in [-0.1, -0.05) is 43.3 Å². The molecule has 0 aliphatic rings. The number of hydrogen-bond acceptors (Lipinski definition) is 7. The summed E-state index contributed by atoms with van der Waals surface area (Å²) < 4.78 is 33.4. The standard InChI is InChI=1S/C32H29FN4O5/c1-5-29(38)36-30(19-9-7-6-8-10-19)31-35-18-22(32(39)37(31)2)20-11-12-26(23(33)15-20)42-25-13-14-34-24-17-28(41-4)27(40-3)16-21(24)25/h6-18,30H,5H2,1-4H3,(H,36,38). The molecule has 5 rings (SSSR count). The molecule has 1 N–H and O–H groups in total. The van der Waals surface area contributed by atoms with Crippen LogP contribution in [0.2, 0.25) is 0 Å². The first-order valence-electron chi connectivity index (χ1n) is 13.2. The molecule has 0 saturated carbocycles. The number of hydrogen-bond donors (Lipinski definition) is 1. The van der Waals surface area contributed by atoms with Gasteiger partial charge in [0.05, 0.1) is 25.3 Å². The second kappa shape index (κ2) is 12.1. The summed E-state index contributed by atoms with van der Waals surface area (Å²) in [5, 5.41) is 3.54. The van der Waals surface area contributed by atoms with Crippen LogP contribution < -0.4 is 25.1 Å². The summed E-state index contributed by atoms with van der Waals surface area (Å²) in [7, 11) is 4.63. The van der Waals surface area contributed by atoms with E-state index in [1.165, 1.54) is 37.1 Å². The van der Waals surface area contributed by atoms with Crippen molar-refractivity contribution in [3.8, 4) is 34.1 Å². The summed E-state index contributed by atoms with van der Waals surface area (Å²) in [6, 6.07) is 18.0. The van der Waals surface area contributed by atoms with Gasteiger partial charge >= 0.3 is 0 Å². The zero-order chi connectivity index (χ0) is 29.8. The van der Waals surface area contributed by atoms with Gasteiger partial charge in [-0.25, -0.2) is 9.37 Å². The van der Waals surface area contributed by atoms with Crippen molar-refractivity contribution in [2.45, 2.75) is 19.4 Å². The number of aromatic nitrogens is 3. The molecule has 0 aliphatic heterocycles. The maximum atomic E-state index is 15.4. The van der Waals surface area contributed by atoms with E-state index in [2.05, 4.69) is 15.3 Å². The fourth-order valence-corrected chi connectivity index (χ4v) is 4.63. The minimum Gasteiger partial charge on any atom is -0.493 e. The fourth-order valence-electron chi connectivity index (χ4n) is 4.63. The quantitative estimate of drug-likeness (QED) is 0.248. The van der Waals surface area contributed by atoms with Crippen LogP contribution in [0.3, 0.4) is 0 Å². The maximum absolute atomic E-state index is 15.4. The van der Waals surface area contributed by atoms with E-state index in [9.17, 15) is 9.59 Å². The average Bonchev–Trinajstić information content (AvgIpc) is 3.02. The number of pyridine rings is 1. The van der Waals surface area contributed by atoms with Crippen LogP contribution in [0, 0.1) is 5.82 Å². The van der Waals surface area contributed by atoms with Crippen LogP contribution in [0.5, 0.6) is 23.0 Å². The van der Waals surface area contributed by atoms with Gasteiger partial charge in [0.15, 0.2) is 23.1 Å². The molecule has 214 valence electrons. The van der Waals surface area contributed by atoms with Crippen molar-refractivity contribution in [2.24, 2.45) is 7.05 Å². The van der Waals surface area contributed by atoms with Gasteiger partial charge in [-0.3, -0.25) is 19.1 Å². The van der Waals surface area contributed by atoms with Crippen LogP contribution >= 0.6 is 0 Å². The molecule has 5 aromatic rings. The van der Waals surface area contributed by atoms with E-state index in [1.54, 1.807) is 44.4 Å². The summed E-state index contributed by atoms with van der Waals surface area (Å²) in [5.74, 6) is 0.836. The lowest BCUT2D eigenvalue weighted by atomic mass is 10.0. The minimum absolute atomic E-state index is 0.0335. The van der Waals surface area contributed by atoms with Crippen LogP contribution in [0.25, 0.3) is 22.0 Å². The molecule has 0 radical (unpaired) electrons. The van der Waals surface area contributed by atoms with Crippen LogP contribution in [0.4, 0.5) is 4.39 Å². The van der Waals surface area contributed by atoms with Gasteiger partial charge in [-0.15, -0.1) is 0 Å². The van der Waals surface area contributed by atoms with Crippen molar-refractivity contribution in [2.75, 3.05) is 14.2 Å². The highest BCUT2D eigenvalue weighted by atomic mass is 19.1. The summed E-state index contributed by atoms with van der Waals surface area (Å²) in [6.45, 7) is 1.75. The normalized spacial score (nSPS) is 11.6. The smallest absolute Gasteiger partial charge is 0.261 e. The number of methoxy groups -OCH3 is 2. The van der Waals surface area contributed by atoms with Crippen molar-refractivity contribution in [3.63, 3.8) is 0 Å². The lowest BCUT2D eigenvalue weighted by molar-refractivity contribution is -0.121. The van der Waals surface area contributed by atoms with E-state index in [4.69, 9.17) is 14.2 Å². The van der Waals surface area contributed by atoms with Crippen molar-refractivity contribution >= 4 is 16.8 Å². The third-order valence-electron chi connectivity index (χ3n) is 6.89. The fraction of sp³-hybridized carbons (Fsp3) is 0.188. The zero-order valence-electron chi connectivity index (χ0n) is 23.6. The van der Waals surface area contributed by atoms with Gasteiger partial charge in [0.1, 0.15) is 17.6 Å². The largest absolute Gasteiger partial charge is 0.493 e.